The van der Waals surface area contributed by atoms with E-state index in [2.05, 4.69) is 4.98 Å². The van der Waals surface area contributed by atoms with Crippen LogP contribution in [0, 0.1) is 0 Å². The number of pyridine rings is 1. The maximum absolute atomic E-state index is 11.7. The highest BCUT2D eigenvalue weighted by Crippen LogP contribution is 2.18. The van der Waals surface area contributed by atoms with Crippen LogP contribution in [0.5, 0.6) is 5.75 Å². The topological polar surface area (TPSA) is 42.1 Å². The first-order chi connectivity index (χ1) is 7.22. The van der Waals surface area contributed by atoms with Gasteiger partial charge in [0.25, 0.3) is 0 Å². The van der Waals surface area contributed by atoms with Gasteiger partial charge < -0.3 is 9.72 Å². The summed E-state index contributed by atoms with van der Waals surface area (Å²) in [5, 5.41) is 0.740. The van der Waals surface area contributed by atoms with Gasteiger partial charge in [0.1, 0.15) is 10.8 Å². The van der Waals surface area contributed by atoms with Gasteiger partial charge in [-0.2, -0.15) is 0 Å². The average molecular weight is 224 g/mol. The molecule has 15 heavy (non-hydrogen) atoms. The normalized spacial score (nSPS) is 10.5. The highest BCUT2D eigenvalue weighted by Gasteiger charge is 2.04. The summed E-state index contributed by atoms with van der Waals surface area (Å²) >= 11 is 5.73. The van der Waals surface area contributed by atoms with E-state index in [4.69, 9.17) is 16.3 Å². The van der Waals surface area contributed by atoms with Crippen molar-refractivity contribution in [2.24, 2.45) is 0 Å². The van der Waals surface area contributed by atoms with Gasteiger partial charge in [-0.05, 0) is 25.1 Å². The second-order valence-electron chi connectivity index (χ2n) is 3.11. The van der Waals surface area contributed by atoms with Crippen LogP contribution in [0.15, 0.2) is 29.2 Å². The highest BCUT2D eigenvalue weighted by atomic mass is 35.5. The molecule has 0 amide bonds. The predicted octanol–water partition coefficient (Wildman–Crippen LogP) is 2.58. The Morgan fingerprint density at radius 1 is 1.47 bits per heavy atom. The number of halogens is 1. The number of H-pyrrole nitrogens is 1. The number of hydrogen-bond acceptors (Lipinski definition) is 2. The summed E-state index contributed by atoms with van der Waals surface area (Å²) in [5.41, 5.74) is 0.583. The number of hydrogen-bond donors (Lipinski definition) is 1. The van der Waals surface area contributed by atoms with E-state index >= 15 is 0 Å². The van der Waals surface area contributed by atoms with Gasteiger partial charge in [-0.1, -0.05) is 11.6 Å². The van der Waals surface area contributed by atoms with Crippen molar-refractivity contribution in [2.45, 2.75) is 6.92 Å². The van der Waals surface area contributed by atoms with Crippen LogP contribution >= 0.6 is 11.6 Å². The molecule has 0 unspecified atom stereocenters. The van der Waals surface area contributed by atoms with Crippen molar-refractivity contribution in [3.8, 4) is 5.75 Å². The van der Waals surface area contributed by atoms with Crippen molar-refractivity contribution in [2.75, 3.05) is 6.61 Å². The van der Waals surface area contributed by atoms with E-state index in [1.807, 2.05) is 13.0 Å². The first kappa shape index (κ1) is 10.1. The van der Waals surface area contributed by atoms with Gasteiger partial charge in [-0.25, -0.2) is 0 Å². The molecular weight excluding hydrogens is 214 g/mol. The maximum Gasteiger partial charge on any atom is 0.208 e. The molecule has 0 aliphatic carbocycles. The van der Waals surface area contributed by atoms with Crippen molar-refractivity contribution in [1.29, 1.82) is 0 Å². The Balaban J connectivity index is 2.68. The van der Waals surface area contributed by atoms with Gasteiger partial charge in [0.15, 0.2) is 0 Å². The fraction of sp³-hybridized carbons (Fsp3) is 0.182. The quantitative estimate of drug-likeness (QED) is 0.850. The minimum absolute atomic E-state index is 0.174. The zero-order chi connectivity index (χ0) is 10.8. The molecule has 1 N–H and O–H groups in total. The third kappa shape index (κ3) is 1.83. The Kier molecular flexibility index (Phi) is 2.64. The minimum Gasteiger partial charge on any atom is -0.494 e. The molecule has 2 aromatic rings. The molecule has 4 heteroatoms. The van der Waals surface area contributed by atoms with Crippen LogP contribution in [-0.4, -0.2) is 11.6 Å². The van der Waals surface area contributed by atoms with Gasteiger partial charge >= 0.3 is 0 Å². The number of fused-ring (bicyclic) bond motifs is 1. The summed E-state index contributed by atoms with van der Waals surface area (Å²) < 4.78 is 5.31. The summed E-state index contributed by atoms with van der Waals surface area (Å²) in [6.45, 7) is 2.47. The number of benzene rings is 1. The number of aromatic nitrogens is 1. The van der Waals surface area contributed by atoms with Crippen molar-refractivity contribution in [3.05, 3.63) is 39.6 Å². The molecule has 1 aromatic heterocycles. The summed E-state index contributed by atoms with van der Waals surface area (Å²) in [6, 6.07) is 5.32. The zero-order valence-corrected chi connectivity index (χ0v) is 8.97. The lowest BCUT2D eigenvalue weighted by atomic mass is 10.2. The zero-order valence-electron chi connectivity index (χ0n) is 8.21. The van der Waals surface area contributed by atoms with Crippen molar-refractivity contribution >= 4 is 22.5 Å². The molecule has 0 fully saturated rings. The van der Waals surface area contributed by atoms with E-state index in [1.54, 1.807) is 12.1 Å². The number of aromatic amines is 1. The molecule has 1 heterocycles. The van der Waals surface area contributed by atoms with Crippen LogP contribution in [-0.2, 0) is 0 Å². The predicted molar refractivity (Wildman–Crippen MR) is 60.7 cm³/mol. The van der Waals surface area contributed by atoms with Gasteiger partial charge in [-0.3, -0.25) is 4.79 Å². The smallest absolute Gasteiger partial charge is 0.208 e. The summed E-state index contributed by atoms with van der Waals surface area (Å²) in [5.74, 6) is 0.678. The van der Waals surface area contributed by atoms with E-state index in [-0.39, 0.29) is 10.5 Å². The van der Waals surface area contributed by atoms with Crippen LogP contribution in [0.3, 0.4) is 0 Å². The summed E-state index contributed by atoms with van der Waals surface area (Å²) in [4.78, 5) is 14.6. The maximum atomic E-state index is 11.7. The van der Waals surface area contributed by atoms with Crippen LogP contribution in [0.25, 0.3) is 10.9 Å². The fourth-order valence-corrected chi connectivity index (χ4v) is 1.59. The molecule has 0 saturated heterocycles. The van der Waals surface area contributed by atoms with Crippen molar-refractivity contribution in [1.82, 2.24) is 4.98 Å². The number of rotatable bonds is 2. The summed E-state index contributed by atoms with van der Waals surface area (Å²) in [7, 11) is 0. The van der Waals surface area contributed by atoms with E-state index in [0.717, 1.165) is 5.52 Å². The number of nitrogens with one attached hydrogen (secondary N) is 1. The van der Waals surface area contributed by atoms with E-state index in [9.17, 15) is 4.79 Å². The molecule has 0 spiro atoms. The van der Waals surface area contributed by atoms with Crippen LogP contribution in [0.2, 0.25) is 5.02 Å². The molecule has 2 rings (SSSR count). The van der Waals surface area contributed by atoms with Crippen molar-refractivity contribution < 1.29 is 4.74 Å². The Labute approximate surface area is 91.6 Å². The van der Waals surface area contributed by atoms with Gasteiger partial charge in [-0.15, -0.1) is 0 Å². The number of ether oxygens (including phenoxy) is 1. The van der Waals surface area contributed by atoms with E-state index in [0.29, 0.717) is 17.7 Å². The molecule has 0 radical (unpaired) electrons. The lowest BCUT2D eigenvalue weighted by Crippen LogP contribution is -2.03. The largest absolute Gasteiger partial charge is 0.494 e. The molecule has 1 aromatic carbocycles. The second kappa shape index (κ2) is 3.95. The molecule has 0 bridgehead atoms. The highest BCUT2D eigenvalue weighted by molar-refractivity contribution is 6.31. The lowest BCUT2D eigenvalue weighted by molar-refractivity contribution is 0.340. The summed E-state index contributed by atoms with van der Waals surface area (Å²) in [6.07, 6.45) is 1.49. The molecule has 0 atom stereocenters. The van der Waals surface area contributed by atoms with Gasteiger partial charge in [0.05, 0.1) is 12.0 Å². The second-order valence-corrected chi connectivity index (χ2v) is 3.51. The fourth-order valence-electron chi connectivity index (χ4n) is 1.43. The average Bonchev–Trinajstić information content (AvgIpc) is 2.25. The molecule has 0 aliphatic rings. The molecule has 0 aliphatic heterocycles. The molecule has 0 saturated carbocycles. The standard InChI is InChI=1S/C11H10ClNO2/c1-2-15-7-3-4-10-8(5-7)11(14)9(12)6-13-10/h3-6H,2H2,1H3,(H,13,14). The third-order valence-electron chi connectivity index (χ3n) is 2.12. The first-order valence-electron chi connectivity index (χ1n) is 4.66. The third-order valence-corrected chi connectivity index (χ3v) is 2.40. The van der Waals surface area contributed by atoms with Crippen molar-refractivity contribution in [3.63, 3.8) is 0 Å². The molecular formula is C11H10ClNO2. The van der Waals surface area contributed by atoms with Gasteiger partial charge in [0, 0.05) is 11.7 Å². The Morgan fingerprint density at radius 3 is 3.00 bits per heavy atom. The Bertz CT molecular complexity index is 548. The van der Waals surface area contributed by atoms with Crippen LogP contribution < -0.4 is 10.2 Å². The Morgan fingerprint density at radius 2 is 2.27 bits per heavy atom. The first-order valence-corrected chi connectivity index (χ1v) is 5.04. The monoisotopic (exact) mass is 223 g/mol. The van der Waals surface area contributed by atoms with E-state index < -0.39 is 0 Å². The van der Waals surface area contributed by atoms with Crippen LogP contribution in [0.4, 0.5) is 0 Å². The van der Waals surface area contributed by atoms with Gasteiger partial charge in [0.2, 0.25) is 5.43 Å². The SMILES string of the molecule is CCOc1ccc2[nH]cc(Cl)c(=O)c2c1. The van der Waals surface area contributed by atoms with Crippen LogP contribution in [0.1, 0.15) is 6.92 Å². The Hall–Kier alpha value is -1.48. The lowest BCUT2D eigenvalue weighted by Gasteiger charge is -2.04. The van der Waals surface area contributed by atoms with E-state index in [1.165, 1.54) is 6.20 Å². The molecule has 78 valence electrons. The molecule has 3 nitrogen and oxygen atoms in total. The minimum atomic E-state index is -0.174.